The number of thiazole rings is 1. The lowest BCUT2D eigenvalue weighted by Gasteiger charge is -2.26. The molecule has 8 nitrogen and oxygen atoms in total. The molecule has 1 aromatic carbocycles. The van der Waals surface area contributed by atoms with Crippen molar-refractivity contribution in [2.75, 3.05) is 23.9 Å². The van der Waals surface area contributed by atoms with Crippen molar-refractivity contribution < 1.29 is 19.1 Å². The van der Waals surface area contributed by atoms with E-state index in [1.807, 2.05) is 0 Å². The summed E-state index contributed by atoms with van der Waals surface area (Å²) in [4.78, 5) is 40.9. The molecule has 0 saturated carbocycles. The van der Waals surface area contributed by atoms with Crippen LogP contribution in [0.5, 0.6) is 5.19 Å². The predicted octanol–water partition coefficient (Wildman–Crippen LogP) is 1.85. The second-order valence-electron chi connectivity index (χ2n) is 4.95. The number of rotatable bonds is 4. The molecule has 2 aromatic rings. The average molecular weight is 346 g/mol. The lowest BCUT2D eigenvalue weighted by Crippen LogP contribution is -2.49. The SMILES string of the molecule is COc1ncc(C(=O)Nc2ccc(N3CCC(=O)NC3=O)cc2)s1. The van der Waals surface area contributed by atoms with E-state index in [-0.39, 0.29) is 18.2 Å². The highest BCUT2D eigenvalue weighted by atomic mass is 32.1. The van der Waals surface area contributed by atoms with Crippen molar-refractivity contribution in [2.45, 2.75) is 6.42 Å². The Labute approximate surface area is 141 Å². The Bertz CT molecular complexity index is 787. The third-order valence-electron chi connectivity index (χ3n) is 3.37. The Kier molecular flexibility index (Phi) is 4.43. The number of hydrogen-bond donors (Lipinski definition) is 2. The van der Waals surface area contributed by atoms with Gasteiger partial charge in [0.1, 0.15) is 4.88 Å². The maximum absolute atomic E-state index is 12.1. The van der Waals surface area contributed by atoms with E-state index in [0.29, 0.717) is 28.0 Å². The van der Waals surface area contributed by atoms with Crippen molar-refractivity contribution in [3.8, 4) is 5.19 Å². The van der Waals surface area contributed by atoms with Crippen LogP contribution in [0.1, 0.15) is 16.1 Å². The van der Waals surface area contributed by atoms with Crippen LogP contribution in [-0.2, 0) is 4.79 Å². The van der Waals surface area contributed by atoms with E-state index < -0.39 is 6.03 Å². The summed E-state index contributed by atoms with van der Waals surface area (Å²) < 4.78 is 4.96. The number of benzene rings is 1. The van der Waals surface area contributed by atoms with Crippen LogP contribution in [0, 0.1) is 0 Å². The van der Waals surface area contributed by atoms with Gasteiger partial charge in [-0.3, -0.25) is 19.8 Å². The van der Waals surface area contributed by atoms with E-state index in [4.69, 9.17) is 4.74 Å². The van der Waals surface area contributed by atoms with Gasteiger partial charge in [-0.05, 0) is 24.3 Å². The first-order valence-corrected chi connectivity index (χ1v) is 7.91. The number of carbonyl (C=O) groups excluding carboxylic acids is 3. The van der Waals surface area contributed by atoms with Crippen molar-refractivity contribution in [1.82, 2.24) is 10.3 Å². The van der Waals surface area contributed by atoms with Crippen LogP contribution in [0.3, 0.4) is 0 Å². The van der Waals surface area contributed by atoms with Gasteiger partial charge in [0.05, 0.1) is 13.3 Å². The Morgan fingerprint density at radius 1 is 1.33 bits per heavy atom. The van der Waals surface area contributed by atoms with Gasteiger partial charge in [0.2, 0.25) is 5.91 Å². The molecule has 0 spiro atoms. The Balaban J connectivity index is 1.67. The third-order valence-corrected chi connectivity index (χ3v) is 4.33. The molecule has 0 aliphatic carbocycles. The fraction of sp³-hybridized carbons (Fsp3) is 0.200. The van der Waals surface area contributed by atoms with Crippen molar-refractivity contribution in [2.24, 2.45) is 0 Å². The molecule has 0 unspecified atom stereocenters. The van der Waals surface area contributed by atoms with Crippen molar-refractivity contribution in [3.63, 3.8) is 0 Å². The van der Waals surface area contributed by atoms with Crippen LogP contribution in [0.25, 0.3) is 0 Å². The van der Waals surface area contributed by atoms with Gasteiger partial charge in [0.25, 0.3) is 11.1 Å². The van der Waals surface area contributed by atoms with E-state index in [1.54, 1.807) is 24.3 Å². The summed E-state index contributed by atoms with van der Waals surface area (Å²) in [6.07, 6.45) is 1.71. The fourth-order valence-electron chi connectivity index (χ4n) is 2.19. The molecule has 1 aromatic heterocycles. The van der Waals surface area contributed by atoms with Gasteiger partial charge in [-0.1, -0.05) is 11.3 Å². The van der Waals surface area contributed by atoms with Gasteiger partial charge in [-0.25, -0.2) is 9.78 Å². The molecule has 124 valence electrons. The van der Waals surface area contributed by atoms with Crippen LogP contribution < -0.4 is 20.3 Å². The normalized spacial score (nSPS) is 14.3. The number of methoxy groups -OCH3 is 1. The van der Waals surface area contributed by atoms with E-state index in [0.717, 1.165) is 11.3 Å². The number of imide groups is 1. The highest BCUT2D eigenvalue weighted by Crippen LogP contribution is 2.23. The van der Waals surface area contributed by atoms with Gasteiger partial charge in [0, 0.05) is 24.3 Å². The quantitative estimate of drug-likeness (QED) is 0.880. The first-order valence-electron chi connectivity index (χ1n) is 7.09. The highest BCUT2D eigenvalue weighted by molar-refractivity contribution is 7.15. The monoisotopic (exact) mass is 346 g/mol. The van der Waals surface area contributed by atoms with Crippen molar-refractivity contribution >= 4 is 40.6 Å². The molecule has 1 aliphatic rings. The second-order valence-corrected chi connectivity index (χ2v) is 5.94. The summed E-state index contributed by atoms with van der Waals surface area (Å²) >= 11 is 1.15. The molecular formula is C15H14N4O4S. The molecule has 2 N–H and O–H groups in total. The maximum atomic E-state index is 12.1. The minimum atomic E-state index is -0.445. The van der Waals surface area contributed by atoms with E-state index in [9.17, 15) is 14.4 Å². The zero-order chi connectivity index (χ0) is 17.1. The largest absolute Gasteiger partial charge is 0.473 e. The van der Waals surface area contributed by atoms with Gasteiger partial charge < -0.3 is 10.1 Å². The molecule has 0 radical (unpaired) electrons. The minimum absolute atomic E-state index is 0.261. The first-order chi connectivity index (χ1) is 11.6. The van der Waals surface area contributed by atoms with Crippen LogP contribution in [0.4, 0.5) is 16.2 Å². The number of carbonyl (C=O) groups is 3. The third kappa shape index (κ3) is 3.35. The molecule has 2 heterocycles. The fourth-order valence-corrected chi connectivity index (χ4v) is 2.81. The smallest absolute Gasteiger partial charge is 0.328 e. The number of hydrogen-bond acceptors (Lipinski definition) is 6. The zero-order valence-electron chi connectivity index (χ0n) is 12.7. The van der Waals surface area contributed by atoms with Crippen LogP contribution >= 0.6 is 11.3 Å². The number of urea groups is 1. The van der Waals surface area contributed by atoms with Crippen molar-refractivity contribution in [3.05, 3.63) is 35.3 Å². The predicted molar refractivity (Wildman–Crippen MR) is 88.6 cm³/mol. The van der Waals surface area contributed by atoms with Gasteiger partial charge in [-0.15, -0.1) is 0 Å². The van der Waals surface area contributed by atoms with E-state index in [2.05, 4.69) is 15.6 Å². The van der Waals surface area contributed by atoms with Crippen LogP contribution in [0.15, 0.2) is 30.5 Å². The van der Waals surface area contributed by atoms with Crippen molar-refractivity contribution in [1.29, 1.82) is 0 Å². The lowest BCUT2D eigenvalue weighted by atomic mass is 10.2. The second kappa shape index (κ2) is 6.67. The molecule has 0 atom stereocenters. The van der Waals surface area contributed by atoms with Gasteiger partial charge >= 0.3 is 6.03 Å². The molecule has 9 heteroatoms. The average Bonchev–Trinajstić information content (AvgIpc) is 3.05. The highest BCUT2D eigenvalue weighted by Gasteiger charge is 2.24. The molecule has 24 heavy (non-hydrogen) atoms. The minimum Gasteiger partial charge on any atom is -0.473 e. The molecule has 1 aliphatic heterocycles. The number of amides is 4. The summed E-state index contributed by atoms with van der Waals surface area (Å²) in [5.41, 5.74) is 1.24. The first kappa shape index (κ1) is 15.9. The van der Waals surface area contributed by atoms with Gasteiger partial charge in [0.15, 0.2) is 0 Å². The number of nitrogens with zero attached hydrogens (tertiary/aromatic N) is 2. The summed E-state index contributed by atoms with van der Waals surface area (Å²) in [5, 5.41) is 5.43. The number of ether oxygens (including phenoxy) is 1. The van der Waals surface area contributed by atoms with E-state index in [1.165, 1.54) is 18.2 Å². The number of anilines is 2. The summed E-state index contributed by atoms with van der Waals surface area (Å²) in [7, 11) is 1.49. The number of nitrogens with one attached hydrogen (secondary N) is 2. The summed E-state index contributed by atoms with van der Waals surface area (Å²) in [6.45, 7) is 0.330. The molecule has 0 bridgehead atoms. The standard InChI is InChI=1S/C15H14N4O4S/c1-23-15-16-8-11(24-15)13(21)17-9-2-4-10(5-3-9)19-7-6-12(20)18-14(19)22/h2-5,8H,6-7H2,1H3,(H,17,21)(H,18,20,22). The van der Waals surface area contributed by atoms with Crippen LogP contribution in [-0.4, -0.2) is 36.5 Å². The molecule has 1 fully saturated rings. The topological polar surface area (TPSA) is 101 Å². The maximum Gasteiger partial charge on any atom is 0.328 e. The Morgan fingerprint density at radius 3 is 2.71 bits per heavy atom. The lowest BCUT2D eigenvalue weighted by molar-refractivity contribution is -0.120. The molecule has 1 saturated heterocycles. The molecular weight excluding hydrogens is 332 g/mol. The summed E-state index contributed by atoms with van der Waals surface area (Å²) in [5.74, 6) is -0.565. The Morgan fingerprint density at radius 2 is 2.08 bits per heavy atom. The molecule has 4 amide bonds. The number of aromatic nitrogens is 1. The molecule has 3 rings (SSSR count). The summed E-state index contributed by atoms with van der Waals surface area (Å²) in [6, 6.07) is 6.35. The van der Waals surface area contributed by atoms with Gasteiger partial charge in [-0.2, -0.15) is 0 Å². The zero-order valence-corrected chi connectivity index (χ0v) is 13.6. The van der Waals surface area contributed by atoms with E-state index >= 15 is 0 Å². The van der Waals surface area contributed by atoms with Crippen LogP contribution in [0.2, 0.25) is 0 Å². The Hall–Kier alpha value is -2.94.